The Kier molecular flexibility index (Phi) is 4.24. The van der Waals surface area contributed by atoms with Gasteiger partial charge in [-0.1, -0.05) is 18.5 Å². The quantitative estimate of drug-likeness (QED) is 0.786. The van der Waals surface area contributed by atoms with E-state index in [1.54, 1.807) is 11.8 Å². The molecule has 0 saturated carbocycles. The molecule has 0 aliphatic heterocycles. The number of hydrogen-bond acceptors (Lipinski definition) is 5. The van der Waals surface area contributed by atoms with E-state index in [1.165, 1.54) is 0 Å². The maximum atomic E-state index is 5.81. The summed E-state index contributed by atoms with van der Waals surface area (Å²) in [5, 5.41) is 3.82. The molecule has 74 valence electrons. The monoisotopic (exact) mass is 201 g/mol. The van der Waals surface area contributed by atoms with E-state index in [9.17, 15) is 0 Å². The van der Waals surface area contributed by atoms with Crippen LogP contribution >= 0.6 is 11.8 Å². The van der Waals surface area contributed by atoms with Crippen LogP contribution in [0.5, 0.6) is 0 Å². The van der Waals surface area contributed by atoms with Crippen LogP contribution < -0.4 is 5.73 Å². The van der Waals surface area contributed by atoms with E-state index in [0.29, 0.717) is 5.89 Å². The molecule has 1 rings (SSSR count). The van der Waals surface area contributed by atoms with Crippen molar-refractivity contribution in [3.05, 3.63) is 11.7 Å². The van der Waals surface area contributed by atoms with Gasteiger partial charge in [-0.2, -0.15) is 16.7 Å². The first-order chi connectivity index (χ1) is 6.27. The summed E-state index contributed by atoms with van der Waals surface area (Å²) >= 11 is 1.67. The molecule has 0 radical (unpaired) electrons. The molecule has 0 spiro atoms. The van der Waals surface area contributed by atoms with Crippen molar-refractivity contribution in [3.63, 3.8) is 0 Å². The third-order valence-corrected chi connectivity index (χ3v) is 2.22. The lowest BCUT2D eigenvalue weighted by atomic mass is 10.2. The first kappa shape index (κ1) is 10.5. The van der Waals surface area contributed by atoms with Crippen LogP contribution in [0.2, 0.25) is 0 Å². The van der Waals surface area contributed by atoms with Crippen molar-refractivity contribution < 1.29 is 4.52 Å². The zero-order chi connectivity index (χ0) is 9.68. The highest BCUT2D eigenvalue weighted by molar-refractivity contribution is 7.97. The second-order valence-corrected chi connectivity index (χ2v) is 3.74. The molecule has 0 fully saturated rings. The van der Waals surface area contributed by atoms with Crippen molar-refractivity contribution in [1.29, 1.82) is 0 Å². The minimum Gasteiger partial charge on any atom is -0.338 e. The lowest BCUT2D eigenvalue weighted by Gasteiger charge is -2.01. The van der Waals surface area contributed by atoms with E-state index in [2.05, 4.69) is 17.1 Å². The topological polar surface area (TPSA) is 64.9 Å². The van der Waals surface area contributed by atoms with E-state index in [1.807, 2.05) is 6.26 Å². The average molecular weight is 201 g/mol. The Morgan fingerprint density at radius 2 is 2.38 bits per heavy atom. The second-order valence-electron chi connectivity index (χ2n) is 2.88. The second kappa shape index (κ2) is 5.24. The molecule has 2 N–H and O–H groups in total. The molecule has 0 amide bonds. The highest BCUT2D eigenvalue weighted by Gasteiger charge is 2.12. The van der Waals surface area contributed by atoms with Crippen LogP contribution in [0, 0.1) is 0 Å². The van der Waals surface area contributed by atoms with Gasteiger partial charge in [-0.05, 0) is 12.7 Å². The minimum absolute atomic E-state index is 0.104. The summed E-state index contributed by atoms with van der Waals surface area (Å²) in [5.74, 6) is 2.07. The summed E-state index contributed by atoms with van der Waals surface area (Å²) < 4.78 is 5.03. The van der Waals surface area contributed by atoms with Crippen LogP contribution in [0.3, 0.4) is 0 Å². The van der Waals surface area contributed by atoms with Gasteiger partial charge >= 0.3 is 0 Å². The van der Waals surface area contributed by atoms with Crippen LogP contribution in [0.25, 0.3) is 0 Å². The normalized spacial score (nSPS) is 13.2. The molecule has 0 unspecified atom stereocenters. The van der Waals surface area contributed by atoms with Crippen LogP contribution in [0.1, 0.15) is 37.5 Å². The van der Waals surface area contributed by atoms with Gasteiger partial charge in [0.25, 0.3) is 0 Å². The van der Waals surface area contributed by atoms with Crippen molar-refractivity contribution in [2.45, 2.75) is 31.6 Å². The van der Waals surface area contributed by atoms with Gasteiger partial charge in [0, 0.05) is 0 Å². The van der Waals surface area contributed by atoms with Crippen molar-refractivity contribution in [1.82, 2.24) is 10.1 Å². The number of rotatable bonds is 5. The SMILES string of the molecule is CCC[C@H](N)c1nc(CSC)no1. The summed E-state index contributed by atoms with van der Waals surface area (Å²) in [5.41, 5.74) is 5.81. The predicted molar refractivity (Wildman–Crippen MR) is 53.4 cm³/mol. The Morgan fingerprint density at radius 3 is 3.00 bits per heavy atom. The fraction of sp³-hybridized carbons (Fsp3) is 0.750. The Hall–Kier alpha value is -0.550. The number of hydrogen-bond donors (Lipinski definition) is 1. The minimum atomic E-state index is -0.104. The molecule has 1 atom stereocenters. The molecule has 0 saturated heterocycles. The molecule has 0 aromatic carbocycles. The maximum absolute atomic E-state index is 5.81. The lowest BCUT2D eigenvalue weighted by molar-refractivity contribution is 0.345. The zero-order valence-corrected chi connectivity index (χ0v) is 8.80. The first-order valence-electron chi connectivity index (χ1n) is 4.35. The van der Waals surface area contributed by atoms with Gasteiger partial charge in [0.15, 0.2) is 5.82 Å². The van der Waals surface area contributed by atoms with E-state index < -0.39 is 0 Å². The fourth-order valence-electron chi connectivity index (χ4n) is 1.04. The average Bonchev–Trinajstić information content (AvgIpc) is 2.54. The molecular weight excluding hydrogens is 186 g/mol. The summed E-state index contributed by atoms with van der Waals surface area (Å²) in [6.07, 6.45) is 3.92. The van der Waals surface area contributed by atoms with Crippen LogP contribution in [0.15, 0.2) is 4.52 Å². The molecule has 5 heteroatoms. The predicted octanol–water partition coefficient (Wildman–Crippen LogP) is 1.73. The van der Waals surface area contributed by atoms with Gasteiger partial charge in [0.1, 0.15) is 0 Å². The number of aromatic nitrogens is 2. The van der Waals surface area contributed by atoms with Gasteiger partial charge < -0.3 is 10.3 Å². The molecule has 0 aliphatic carbocycles. The lowest BCUT2D eigenvalue weighted by Crippen LogP contribution is -2.10. The Bertz CT molecular complexity index is 251. The highest BCUT2D eigenvalue weighted by Crippen LogP contribution is 2.14. The number of thioether (sulfide) groups is 1. The molecule has 1 heterocycles. The van der Waals surface area contributed by atoms with Gasteiger partial charge in [-0.3, -0.25) is 0 Å². The van der Waals surface area contributed by atoms with Gasteiger partial charge in [0.2, 0.25) is 5.89 Å². The standard InChI is InChI=1S/C8H15N3OS/c1-3-4-6(9)8-10-7(5-13-2)11-12-8/h6H,3-5,9H2,1-2H3/t6-/m0/s1. The Labute approximate surface area is 82.3 Å². The number of nitrogens with two attached hydrogens (primary N) is 1. The van der Waals surface area contributed by atoms with Crippen LogP contribution in [-0.2, 0) is 5.75 Å². The van der Waals surface area contributed by atoms with Crippen molar-refractivity contribution in [2.24, 2.45) is 5.73 Å². The molecule has 0 aliphatic rings. The molecule has 13 heavy (non-hydrogen) atoms. The van der Waals surface area contributed by atoms with E-state index in [-0.39, 0.29) is 6.04 Å². The fourth-order valence-corrected chi connectivity index (χ4v) is 1.42. The molecule has 4 nitrogen and oxygen atoms in total. The third-order valence-electron chi connectivity index (χ3n) is 1.67. The van der Waals surface area contributed by atoms with Crippen LogP contribution in [0.4, 0.5) is 0 Å². The molecule has 1 aromatic rings. The summed E-state index contributed by atoms with van der Waals surface area (Å²) in [4.78, 5) is 4.19. The third kappa shape index (κ3) is 3.00. The van der Waals surface area contributed by atoms with E-state index in [4.69, 9.17) is 10.3 Å². The Morgan fingerprint density at radius 1 is 1.62 bits per heavy atom. The molecular formula is C8H15N3OS. The molecule has 1 aromatic heterocycles. The summed E-state index contributed by atoms with van der Waals surface area (Å²) in [6, 6.07) is -0.104. The Balaban J connectivity index is 2.56. The van der Waals surface area contributed by atoms with Crippen molar-refractivity contribution in [3.8, 4) is 0 Å². The maximum Gasteiger partial charge on any atom is 0.243 e. The molecule has 0 bridgehead atoms. The summed E-state index contributed by atoms with van der Waals surface area (Å²) in [7, 11) is 0. The van der Waals surface area contributed by atoms with E-state index in [0.717, 1.165) is 24.4 Å². The van der Waals surface area contributed by atoms with Crippen molar-refractivity contribution in [2.75, 3.05) is 6.26 Å². The largest absolute Gasteiger partial charge is 0.338 e. The van der Waals surface area contributed by atoms with Crippen LogP contribution in [-0.4, -0.2) is 16.4 Å². The van der Waals surface area contributed by atoms with Gasteiger partial charge in [0.05, 0.1) is 11.8 Å². The van der Waals surface area contributed by atoms with Gasteiger partial charge in [-0.15, -0.1) is 0 Å². The summed E-state index contributed by atoms with van der Waals surface area (Å²) in [6.45, 7) is 2.08. The highest BCUT2D eigenvalue weighted by atomic mass is 32.2. The van der Waals surface area contributed by atoms with Crippen molar-refractivity contribution >= 4 is 11.8 Å². The van der Waals surface area contributed by atoms with E-state index >= 15 is 0 Å². The zero-order valence-electron chi connectivity index (χ0n) is 7.99. The smallest absolute Gasteiger partial charge is 0.243 e. The van der Waals surface area contributed by atoms with Gasteiger partial charge in [-0.25, -0.2) is 0 Å². The first-order valence-corrected chi connectivity index (χ1v) is 5.74. The number of nitrogens with zero attached hydrogens (tertiary/aromatic N) is 2.